The van der Waals surface area contributed by atoms with Crippen LogP contribution in [-0.4, -0.2) is 82.6 Å². The van der Waals surface area contributed by atoms with Crippen LogP contribution in [0.2, 0.25) is 0 Å². The van der Waals surface area contributed by atoms with Crippen molar-refractivity contribution >= 4 is 40.6 Å². The molecule has 2 aromatic heterocycles. The number of fused-ring (bicyclic) bond motifs is 1. The molecule has 0 aliphatic heterocycles. The van der Waals surface area contributed by atoms with Gasteiger partial charge in [0.25, 0.3) is 0 Å². The van der Waals surface area contributed by atoms with Crippen molar-refractivity contribution in [2.75, 3.05) is 29.5 Å². The van der Waals surface area contributed by atoms with Crippen LogP contribution in [0.25, 0.3) is 11.2 Å². The molecular weight excluding hydrogens is 462 g/mol. The standard InChI is InChI=1S/C20H27N7O2S.CH2O3/c1-2-12-30-20-23-18(22-11-10-21-13-6-4-3-5-7-13)16-19(24-20)27(26-25-16)14-8-9-15(28)17(14)29;2-1(3)4/h3-7,14-15,17,21,28-29H,2,8-12H2,1H3,(H,22,23,24);(H2,2,3,4)/t14-,15-,17+;/m1./s1. The topological polar surface area (TPSA) is 179 Å². The first-order valence-electron chi connectivity index (χ1n) is 11.0. The molecule has 0 bridgehead atoms. The molecule has 1 aliphatic rings. The molecule has 1 aliphatic carbocycles. The summed E-state index contributed by atoms with van der Waals surface area (Å²) in [4.78, 5) is 17.9. The Morgan fingerprint density at radius 2 is 1.82 bits per heavy atom. The van der Waals surface area contributed by atoms with E-state index < -0.39 is 18.4 Å². The normalized spacial score (nSPS) is 19.4. The van der Waals surface area contributed by atoms with Crippen molar-refractivity contribution in [2.24, 2.45) is 0 Å². The van der Waals surface area contributed by atoms with Crippen LogP contribution in [0.15, 0.2) is 35.5 Å². The Morgan fingerprint density at radius 1 is 1.12 bits per heavy atom. The van der Waals surface area contributed by atoms with E-state index >= 15 is 0 Å². The third-order valence-electron chi connectivity index (χ3n) is 5.12. The summed E-state index contributed by atoms with van der Waals surface area (Å²) in [5, 5.41) is 50.1. The Balaban J connectivity index is 0.000000751. The highest BCUT2D eigenvalue weighted by Gasteiger charge is 2.37. The van der Waals surface area contributed by atoms with Crippen molar-refractivity contribution in [3.63, 3.8) is 0 Å². The van der Waals surface area contributed by atoms with Crippen molar-refractivity contribution in [1.29, 1.82) is 0 Å². The van der Waals surface area contributed by atoms with Crippen LogP contribution < -0.4 is 10.6 Å². The van der Waals surface area contributed by atoms with Gasteiger partial charge < -0.3 is 31.1 Å². The maximum Gasteiger partial charge on any atom is 0.503 e. The lowest BCUT2D eigenvalue weighted by Crippen LogP contribution is -2.28. The van der Waals surface area contributed by atoms with Crippen molar-refractivity contribution in [3.05, 3.63) is 30.3 Å². The number of aliphatic hydroxyl groups is 2. The maximum absolute atomic E-state index is 10.3. The third-order valence-corrected chi connectivity index (χ3v) is 6.17. The van der Waals surface area contributed by atoms with Gasteiger partial charge in [0.15, 0.2) is 22.1 Å². The lowest BCUT2D eigenvalue weighted by molar-refractivity contribution is 0.0215. The van der Waals surface area contributed by atoms with E-state index in [1.807, 2.05) is 30.3 Å². The third kappa shape index (κ3) is 6.68. The van der Waals surface area contributed by atoms with E-state index in [0.717, 1.165) is 17.9 Å². The van der Waals surface area contributed by atoms with Gasteiger partial charge in [-0.1, -0.05) is 42.1 Å². The minimum atomic E-state index is -1.83. The van der Waals surface area contributed by atoms with Crippen LogP contribution in [0.3, 0.4) is 0 Å². The number of nitrogens with zero attached hydrogens (tertiary/aromatic N) is 5. The molecule has 1 aromatic carbocycles. The lowest BCUT2D eigenvalue weighted by Gasteiger charge is -2.16. The SMILES string of the molecule is CCCSc1nc(NCCNc2ccccc2)c2nnn([C@@H]3CC[C@@H](O)[C@H]3O)c2n1.O=C(O)O. The number of nitrogens with one attached hydrogen (secondary N) is 2. The summed E-state index contributed by atoms with van der Waals surface area (Å²) in [5.74, 6) is 1.54. The van der Waals surface area contributed by atoms with E-state index in [4.69, 9.17) is 15.0 Å². The predicted octanol–water partition coefficient (Wildman–Crippen LogP) is 2.53. The number of aromatic nitrogens is 5. The second-order valence-corrected chi connectivity index (χ2v) is 8.68. The van der Waals surface area contributed by atoms with E-state index in [9.17, 15) is 10.2 Å². The number of carbonyl (C=O) groups is 1. The van der Waals surface area contributed by atoms with Crippen LogP contribution in [0.4, 0.5) is 16.3 Å². The molecule has 0 spiro atoms. The van der Waals surface area contributed by atoms with E-state index in [0.29, 0.717) is 48.1 Å². The predicted molar refractivity (Wildman–Crippen MR) is 128 cm³/mol. The van der Waals surface area contributed by atoms with Gasteiger partial charge in [0, 0.05) is 24.5 Å². The molecule has 0 amide bonds. The number of thioether (sulfide) groups is 1. The molecule has 3 atom stereocenters. The summed E-state index contributed by atoms with van der Waals surface area (Å²) in [6.07, 6.45) is -1.27. The van der Waals surface area contributed by atoms with E-state index in [-0.39, 0.29) is 6.04 Å². The van der Waals surface area contributed by atoms with Crippen molar-refractivity contribution < 1.29 is 25.2 Å². The van der Waals surface area contributed by atoms with Gasteiger partial charge in [-0.05, 0) is 31.4 Å². The van der Waals surface area contributed by atoms with E-state index in [1.165, 1.54) is 0 Å². The molecule has 0 radical (unpaired) electrons. The molecule has 2 heterocycles. The highest BCUT2D eigenvalue weighted by atomic mass is 32.2. The van der Waals surface area contributed by atoms with Gasteiger partial charge in [-0.25, -0.2) is 19.4 Å². The molecule has 0 unspecified atom stereocenters. The zero-order valence-electron chi connectivity index (χ0n) is 18.7. The Morgan fingerprint density at radius 3 is 2.47 bits per heavy atom. The fourth-order valence-electron chi connectivity index (χ4n) is 3.56. The zero-order chi connectivity index (χ0) is 24.5. The number of hydrogen-bond acceptors (Lipinski definition) is 10. The van der Waals surface area contributed by atoms with E-state index in [1.54, 1.807) is 16.4 Å². The highest BCUT2D eigenvalue weighted by molar-refractivity contribution is 7.99. The van der Waals surface area contributed by atoms with Gasteiger partial charge >= 0.3 is 6.16 Å². The first-order chi connectivity index (χ1) is 16.4. The van der Waals surface area contributed by atoms with Crippen LogP contribution in [0, 0.1) is 0 Å². The van der Waals surface area contributed by atoms with Gasteiger partial charge in [0.2, 0.25) is 0 Å². The van der Waals surface area contributed by atoms with Crippen molar-refractivity contribution in [1.82, 2.24) is 25.0 Å². The number of aliphatic hydroxyl groups excluding tert-OH is 2. The molecule has 6 N–H and O–H groups in total. The Hall–Kier alpha value is -3.16. The summed E-state index contributed by atoms with van der Waals surface area (Å²) in [6.45, 7) is 3.48. The number of para-hydroxylation sites is 1. The minimum absolute atomic E-state index is 0.337. The zero-order valence-corrected chi connectivity index (χ0v) is 19.5. The van der Waals surface area contributed by atoms with Crippen molar-refractivity contribution in [2.45, 2.75) is 49.6 Å². The fraction of sp³-hybridized carbons (Fsp3) is 0.476. The largest absolute Gasteiger partial charge is 0.503 e. The molecule has 12 nitrogen and oxygen atoms in total. The van der Waals surface area contributed by atoms with Gasteiger partial charge in [-0.3, -0.25) is 0 Å². The summed E-state index contributed by atoms with van der Waals surface area (Å²) >= 11 is 1.58. The smallest absolute Gasteiger partial charge is 0.450 e. The number of rotatable bonds is 9. The van der Waals surface area contributed by atoms with Crippen LogP contribution in [0.5, 0.6) is 0 Å². The number of benzene rings is 1. The summed E-state index contributed by atoms with van der Waals surface area (Å²) < 4.78 is 1.64. The first-order valence-corrected chi connectivity index (χ1v) is 12.0. The summed E-state index contributed by atoms with van der Waals surface area (Å²) in [6, 6.07) is 9.68. The molecule has 1 saturated carbocycles. The molecule has 13 heteroatoms. The molecule has 184 valence electrons. The molecule has 4 rings (SSSR count). The van der Waals surface area contributed by atoms with Gasteiger partial charge in [-0.2, -0.15) is 0 Å². The molecule has 0 saturated heterocycles. The Labute approximate surface area is 200 Å². The first kappa shape index (κ1) is 25.5. The number of hydrogen-bond donors (Lipinski definition) is 6. The van der Waals surface area contributed by atoms with Crippen LogP contribution in [0.1, 0.15) is 32.2 Å². The second-order valence-electron chi connectivity index (χ2n) is 7.61. The highest BCUT2D eigenvalue weighted by Crippen LogP contribution is 2.33. The Kier molecular flexibility index (Phi) is 9.24. The number of anilines is 2. The lowest BCUT2D eigenvalue weighted by atomic mass is 10.2. The summed E-state index contributed by atoms with van der Waals surface area (Å²) in [7, 11) is 0. The monoisotopic (exact) mass is 491 g/mol. The van der Waals surface area contributed by atoms with Gasteiger partial charge in [0.1, 0.15) is 6.10 Å². The average molecular weight is 492 g/mol. The molecular formula is C21H29N7O5S. The minimum Gasteiger partial charge on any atom is -0.450 e. The van der Waals surface area contributed by atoms with Crippen LogP contribution in [-0.2, 0) is 0 Å². The van der Waals surface area contributed by atoms with Gasteiger partial charge in [-0.15, -0.1) is 5.10 Å². The average Bonchev–Trinajstić information content (AvgIpc) is 3.38. The second kappa shape index (κ2) is 12.3. The molecule has 1 fully saturated rings. The van der Waals surface area contributed by atoms with Crippen molar-refractivity contribution in [3.8, 4) is 0 Å². The number of carboxylic acid groups (broad SMARTS) is 2. The summed E-state index contributed by atoms with van der Waals surface area (Å²) in [5.41, 5.74) is 2.22. The maximum atomic E-state index is 10.3. The van der Waals surface area contributed by atoms with Gasteiger partial charge in [0.05, 0.1) is 12.1 Å². The quantitative estimate of drug-likeness (QED) is 0.147. The molecule has 3 aromatic rings. The fourth-order valence-corrected chi connectivity index (χ4v) is 4.26. The van der Waals surface area contributed by atoms with Crippen LogP contribution >= 0.6 is 11.8 Å². The Bertz CT molecular complexity index is 1060. The molecule has 34 heavy (non-hydrogen) atoms. The van der Waals surface area contributed by atoms with E-state index in [2.05, 4.69) is 37.8 Å².